The predicted molar refractivity (Wildman–Crippen MR) is 90.0 cm³/mol. The van der Waals surface area contributed by atoms with Gasteiger partial charge in [0.2, 0.25) is 0 Å². The van der Waals surface area contributed by atoms with E-state index in [0.717, 1.165) is 10.6 Å². The van der Waals surface area contributed by atoms with Crippen LogP contribution in [0.25, 0.3) is 5.69 Å². The van der Waals surface area contributed by atoms with E-state index < -0.39 is 11.5 Å². The molecule has 0 N–H and O–H groups in total. The second-order valence-corrected chi connectivity index (χ2v) is 5.56. The van der Waals surface area contributed by atoms with Gasteiger partial charge in [-0.2, -0.15) is 0 Å². The van der Waals surface area contributed by atoms with Gasteiger partial charge in [-0.3, -0.25) is 9.36 Å². The number of benzene rings is 1. The largest absolute Gasteiger partial charge is 0.479 e. The van der Waals surface area contributed by atoms with Gasteiger partial charge in [0.05, 0.1) is 10.7 Å². The first kappa shape index (κ1) is 18.1. The Balaban J connectivity index is 2.71. The van der Waals surface area contributed by atoms with E-state index in [1.54, 1.807) is 0 Å². The third kappa shape index (κ3) is 3.18. The van der Waals surface area contributed by atoms with Gasteiger partial charge in [0.15, 0.2) is 6.29 Å². The maximum atomic E-state index is 14.3. The molecule has 0 unspecified atom stereocenters. The summed E-state index contributed by atoms with van der Waals surface area (Å²) in [6, 6.07) is 2.20. The lowest BCUT2D eigenvalue weighted by atomic mass is 10.2. The van der Waals surface area contributed by atoms with Crippen LogP contribution in [0.1, 0.15) is 23.8 Å². The van der Waals surface area contributed by atoms with Crippen molar-refractivity contribution in [1.29, 1.82) is 0 Å². The second-order valence-electron chi connectivity index (χ2n) is 4.79. The van der Waals surface area contributed by atoms with Gasteiger partial charge < -0.3 is 4.74 Å². The summed E-state index contributed by atoms with van der Waals surface area (Å²) in [6.45, 7) is 2.03. The first-order valence-corrected chi connectivity index (χ1v) is 7.73. The number of aldehydes is 1. The molecule has 24 heavy (non-hydrogen) atoms. The summed E-state index contributed by atoms with van der Waals surface area (Å²) in [5.74, 6) is 1.57. The fourth-order valence-corrected chi connectivity index (χ4v) is 2.73. The minimum Gasteiger partial charge on any atom is -0.479 e. The van der Waals surface area contributed by atoms with Crippen molar-refractivity contribution in [3.8, 4) is 23.8 Å². The number of hydrogen-bond acceptors (Lipinski definition) is 3. The fraction of sp³-hybridized carbons (Fsp3) is 0.250. The van der Waals surface area contributed by atoms with E-state index in [1.807, 2.05) is 6.92 Å². The Bertz CT molecular complexity index is 881. The molecule has 0 radical (unpaired) electrons. The standard InChI is InChI=1S/C16H13Cl2FN2O3/c1-3-5-20-13(9-22)15(18)21(16(20)23)12-8-14(24-6-4-2)10(17)7-11(12)19/h2,7-9H,3,5-6H2,1H3. The van der Waals surface area contributed by atoms with Crippen molar-refractivity contribution in [3.05, 3.63) is 44.3 Å². The van der Waals surface area contributed by atoms with Crippen LogP contribution in [0.5, 0.6) is 5.75 Å². The number of rotatable bonds is 6. The van der Waals surface area contributed by atoms with Crippen LogP contribution in [0.15, 0.2) is 16.9 Å². The zero-order chi connectivity index (χ0) is 17.9. The summed E-state index contributed by atoms with van der Waals surface area (Å²) in [6.07, 6.45) is 6.17. The number of carbonyl (C=O) groups is 1. The van der Waals surface area contributed by atoms with E-state index in [2.05, 4.69) is 5.92 Å². The van der Waals surface area contributed by atoms with Crippen LogP contribution in [-0.2, 0) is 6.54 Å². The topological polar surface area (TPSA) is 53.2 Å². The molecule has 0 saturated heterocycles. The summed E-state index contributed by atoms with van der Waals surface area (Å²) in [5, 5.41) is -0.188. The van der Waals surface area contributed by atoms with Gasteiger partial charge >= 0.3 is 5.69 Å². The summed E-state index contributed by atoms with van der Waals surface area (Å²) in [7, 11) is 0. The molecular weight excluding hydrogens is 358 g/mol. The number of terminal acetylenes is 1. The highest BCUT2D eigenvalue weighted by molar-refractivity contribution is 6.32. The van der Waals surface area contributed by atoms with Crippen LogP contribution in [-0.4, -0.2) is 22.0 Å². The maximum absolute atomic E-state index is 14.3. The fourth-order valence-electron chi connectivity index (χ4n) is 2.21. The van der Waals surface area contributed by atoms with Crippen molar-refractivity contribution in [1.82, 2.24) is 9.13 Å². The molecule has 126 valence electrons. The van der Waals surface area contributed by atoms with Crippen molar-refractivity contribution in [2.45, 2.75) is 19.9 Å². The molecule has 8 heteroatoms. The van der Waals surface area contributed by atoms with Gasteiger partial charge in [0, 0.05) is 12.6 Å². The van der Waals surface area contributed by atoms with E-state index in [9.17, 15) is 14.0 Å². The molecule has 0 atom stereocenters. The van der Waals surface area contributed by atoms with Crippen molar-refractivity contribution in [2.24, 2.45) is 0 Å². The molecule has 0 spiro atoms. The third-order valence-electron chi connectivity index (χ3n) is 3.23. The molecule has 1 heterocycles. The van der Waals surface area contributed by atoms with Gasteiger partial charge in [-0.05, 0) is 12.5 Å². The molecular formula is C16H13Cl2FN2O3. The van der Waals surface area contributed by atoms with E-state index in [-0.39, 0.29) is 40.5 Å². The summed E-state index contributed by atoms with van der Waals surface area (Å²) in [4.78, 5) is 23.8. The summed E-state index contributed by atoms with van der Waals surface area (Å²) >= 11 is 12.0. The lowest BCUT2D eigenvalue weighted by molar-refractivity contribution is 0.111. The quantitative estimate of drug-likeness (QED) is 0.578. The van der Waals surface area contributed by atoms with E-state index >= 15 is 0 Å². The van der Waals surface area contributed by atoms with Gasteiger partial charge in [-0.15, -0.1) is 6.42 Å². The van der Waals surface area contributed by atoms with Crippen LogP contribution < -0.4 is 10.4 Å². The predicted octanol–water partition coefficient (Wildman–Crippen LogP) is 3.32. The Kier molecular flexibility index (Phi) is 5.71. The van der Waals surface area contributed by atoms with Gasteiger partial charge in [0.1, 0.15) is 29.0 Å². The molecule has 2 rings (SSSR count). The van der Waals surface area contributed by atoms with Gasteiger partial charge in [-0.1, -0.05) is 36.0 Å². The first-order valence-electron chi connectivity index (χ1n) is 6.98. The average molecular weight is 371 g/mol. The zero-order valence-electron chi connectivity index (χ0n) is 12.7. The molecule has 0 aliphatic rings. The highest BCUT2D eigenvalue weighted by Gasteiger charge is 2.22. The molecule has 5 nitrogen and oxygen atoms in total. The van der Waals surface area contributed by atoms with Gasteiger partial charge in [-0.25, -0.2) is 13.8 Å². The molecule has 1 aromatic carbocycles. The highest BCUT2D eigenvalue weighted by Crippen LogP contribution is 2.31. The van der Waals surface area contributed by atoms with Crippen LogP contribution in [0.4, 0.5) is 4.39 Å². The molecule has 2 aromatic rings. The summed E-state index contributed by atoms with van der Waals surface area (Å²) in [5.41, 5.74) is -0.837. The Labute approximate surface area is 147 Å². The van der Waals surface area contributed by atoms with Crippen molar-refractivity contribution < 1.29 is 13.9 Å². The van der Waals surface area contributed by atoms with Crippen LogP contribution in [0.3, 0.4) is 0 Å². The van der Waals surface area contributed by atoms with Crippen molar-refractivity contribution in [2.75, 3.05) is 6.61 Å². The Hall–Kier alpha value is -2.23. The van der Waals surface area contributed by atoms with E-state index in [4.69, 9.17) is 34.4 Å². The molecule has 0 aliphatic heterocycles. The van der Waals surface area contributed by atoms with Crippen LogP contribution in [0, 0.1) is 18.2 Å². The van der Waals surface area contributed by atoms with Crippen molar-refractivity contribution in [3.63, 3.8) is 0 Å². The van der Waals surface area contributed by atoms with Gasteiger partial charge in [0.25, 0.3) is 0 Å². The lowest BCUT2D eigenvalue weighted by Gasteiger charge is -2.10. The zero-order valence-corrected chi connectivity index (χ0v) is 14.2. The molecule has 0 fully saturated rings. The number of carbonyl (C=O) groups excluding carboxylic acids is 1. The number of ether oxygens (including phenoxy) is 1. The SMILES string of the molecule is C#CCOc1cc(-n2c(Cl)c(C=O)n(CCC)c2=O)c(F)cc1Cl. The normalized spacial score (nSPS) is 10.5. The number of nitrogens with zero attached hydrogens (tertiary/aromatic N) is 2. The molecule has 0 bridgehead atoms. The average Bonchev–Trinajstić information content (AvgIpc) is 2.78. The van der Waals surface area contributed by atoms with Crippen LogP contribution >= 0.6 is 23.2 Å². The molecule has 1 aromatic heterocycles. The minimum absolute atomic E-state index is 0.000673. The highest BCUT2D eigenvalue weighted by atomic mass is 35.5. The van der Waals surface area contributed by atoms with Crippen molar-refractivity contribution >= 4 is 29.5 Å². The smallest absolute Gasteiger partial charge is 0.334 e. The number of halogens is 3. The Morgan fingerprint density at radius 3 is 2.71 bits per heavy atom. The summed E-state index contributed by atoms with van der Waals surface area (Å²) < 4.78 is 21.6. The minimum atomic E-state index is -0.789. The van der Waals surface area contributed by atoms with E-state index in [0.29, 0.717) is 12.7 Å². The number of hydrogen-bond donors (Lipinski definition) is 0. The van der Waals surface area contributed by atoms with E-state index in [1.165, 1.54) is 10.6 Å². The Morgan fingerprint density at radius 2 is 2.12 bits per heavy atom. The molecule has 0 saturated carbocycles. The maximum Gasteiger partial charge on any atom is 0.334 e. The Morgan fingerprint density at radius 1 is 1.42 bits per heavy atom. The number of aromatic nitrogens is 2. The third-order valence-corrected chi connectivity index (χ3v) is 3.89. The number of imidazole rings is 1. The molecule has 0 aliphatic carbocycles. The monoisotopic (exact) mass is 370 g/mol. The molecule has 0 amide bonds. The first-order chi connectivity index (χ1) is 11.5. The lowest BCUT2D eigenvalue weighted by Crippen LogP contribution is -2.24. The van der Waals surface area contributed by atoms with Crippen LogP contribution in [0.2, 0.25) is 10.2 Å². The second kappa shape index (κ2) is 7.56.